The second-order valence-electron chi connectivity index (χ2n) is 5.38. The van der Waals surface area contributed by atoms with Crippen LogP contribution in [-0.4, -0.2) is 16.1 Å². The third-order valence-corrected chi connectivity index (χ3v) is 2.61. The molecular weight excluding hydrogens is 242 g/mol. The normalized spacial score (nSPS) is 11.4. The van der Waals surface area contributed by atoms with E-state index in [4.69, 9.17) is 4.42 Å². The highest BCUT2D eigenvalue weighted by molar-refractivity contribution is 5.97. The molecule has 0 saturated carbocycles. The smallest absolute Gasteiger partial charge is 0.249 e. The molecular formula is C14H17N3O2. The van der Waals surface area contributed by atoms with Crippen molar-refractivity contribution in [3.63, 3.8) is 0 Å². The zero-order valence-corrected chi connectivity index (χ0v) is 11.5. The number of carbonyl (C=O) groups excluding carboxylic acids is 1. The van der Waals surface area contributed by atoms with Gasteiger partial charge in [0.1, 0.15) is 0 Å². The summed E-state index contributed by atoms with van der Waals surface area (Å²) in [6.07, 6.45) is 0. The highest BCUT2D eigenvalue weighted by Crippen LogP contribution is 2.28. The summed E-state index contributed by atoms with van der Waals surface area (Å²) in [5, 5.41) is 10.7. The van der Waals surface area contributed by atoms with Crippen LogP contribution < -0.4 is 5.32 Å². The minimum Gasteiger partial charge on any atom is -0.421 e. The third kappa shape index (κ3) is 2.99. The van der Waals surface area contributed by atoms with Gasteiger partial charge in [-0.3, -0.25) is 4.79 Å². The second-order valence-corrected chi connectivity index (χ2v) is 5.38. The van der Waals surface area contributed by atoms with Gasteiger partial charge < -0.3 is 9.73 Å². The molecule has 0 saturated heterocycles. The Labute approximate surface area is 112 Å². The zero-order chi connectivity index (χ0) is 14.0. The molecule has 100 valence electrons. The van der Waals surface area contributed by atoms with E-state index in [1.54, 1.807) is 6.92 Å². The molecule has 0 spiro atoms. The molecule has 0 unspecified atom stereocenters. The molecule has 5 nitrogen and oxygen atoms in total. The average molecular weight is 259 g/mol. The van der Waals surface area contributed by atoms with Crippen molar-refractivity contribution in [2.75, 3.05) is 5.32 Å². The van der Waals surface area contributed by atoms with Crippen LogP contribution >= 0.6 is 0 Å². The van der Waals surface area contributed by atoms with Crippen LogP contribution in [0, 0.1) is 12.3 Å². The summed E-state index contributed by atoms with van der Waals surface area (Å²) in [5.41, 5.74) is 0.935. The number of carbonyl (C=O) groups is 1. The van der Waals surface area contributed by atoms with Gasteiger partial charge in [0, 0.05) is 12.3 Å². The van der Waals surface area contributed by atoms with Gasteiger partial charge in [-0.25, -0.2) is 0 Å². The Morgan fingerprint density at radius 3 is 2.47 bits per heavy atom. The molecule has 0 aliphatic rings. The van der Waals surface area contributed by atoms with Crippen molar-refractivity contribution in [3.8, 4) is 11.5 Å². The summed E-state index contributed by atoms with van der Waals surface area (Å²) in [7, 11) is 0. The summed E-state index contributed by atoms with van der Waals surface area (Å²) >= 11 is 0. The summed E-state index contributed by atoms with van der Waals surface area (Å²) in [6, 6.07) is 7.37. The van der Waals surface area contributed by atoms with E-state index in [9.17, 15) is 4.79 Å². The molecule has 1 aromatic heterocycles. The van der Waals surface area contributed by atoms with Crippen molar-refractivity contribution in [1.82, 2.24) is 10.2 Å². The van der Waals surface area contributed by atoms with Crippen molar-refractivity contribution in [3.05, 3.63) is 30.2 Å². The number of nitrogens with zero attached hydrogens (tertiary/aromatic N) is 2. The second kappa shape index (κ2) is 4.84. The van der Waals surface area contributed by atoms with E-state index >= 15 is 0 Å². The van der Waals surface area contributed by atoms with Gasteiger partial charge in [-0.05, 0) is 12.1 Å². The first-order valence-electron chi connectivity index (χ1n) is 6.09. The summed E-state index contributed by atoms with van der Waals surface area (Å²) < 4.78 is 5.40. The SMILES string of the molecule is Cc1nnc(-c2ccccc2NC(=O)C(C)(C)C)o1. The van der Waals surface area contributed by atoms with Crippen LogP contribution in [0.25, 0.3) is 11.5 Å². The van der Waals surface area contributed by atoms with Crippen LogP contribution in [0.15, 0.2) is 28.7 Å². The lowest BCUT2D eigenvalue weighted by atomic mass is 9.95. The Bertz CT molecular complexity index is 597. The lowest BCUT2D eigenvalue weighted by Gasteiger charge is -2.18. The number of anilines is 1. The summed E-state index contributed by atoms with van der Waals surface area (Å²) in [6.45, 7) is 7.32. The maximum Gasteiger partial charge on any atom is 0.249 e. The Morgan fingerprint density at radius 2 is 1.89 bits per heavy atom. The zero-order valence-electron chi connectivity index (χ0n) is 11.5. The molecule has 19 heavy (non-hydrogen) atoms. The minimum absolute atomic E-state index is 0.0591. The maximum atomic E-state index is 12.0. The van der Waals surface area contributed by atoms with Crippen molar-refractivity contribution in [2.45, 2.75) is 27.7 Å². The first-order chi connectivity index (χ1) is 8.88. The lowest BCUT2D eigenvalue weighted by Crippen LogP contribution is -2.27. The monoisotopic (exact) mass is 259 g/mol. The van der Waals surface area contributed by atoms with E-state index in [1.165, 1.54) is 0 Å². The molecule has 0 fully saturated rings. The molecule has 5 heteroatoms. The first-order valence-corrected chi connectivity index (χ1v) is 6.09. The lowest BCUT2D eigenvalue weighted by molar-refractivity contribution is -0.123. The van der Waals surface area contributed by atoms with Gasteiger partial charge in [-0.1, -0.05) is 32.9 Å². The molecule has 1 aromatic carbocycles. The number of benzene rings is 1. The number of para-hydroxylation sites is 1. The maximum absolute atomic E-state index is 12.0. The molecule has 1 heterocycles. The van der Waals surface area contributed by atoms with Gasteiger partial charge in [-0.2, -0.15) is 0 Å². The van der Waals surface area contributed by atoms with E-state index in [-0.39, 0.29) is 5.91 Å². The topological polar surface area (TPSA) is 68.0 Å². The molecule has 1 amide bonds. The van der Waals surface area contributed by atoms with Crippen molar-refractivity contribution >= 4 is 11.6 Å². The highest BCUT2D eigenvalue weighted by Gasteiger charge is 2.22. The van der Waals surface area contributed by atoms with Crippen molar-refractivity contribution in [1.29, 1.82) is 0 Å². The van der Waals surface area contributed by atoms with Gasteiger partial charge in [0.05, 0.1) is 11.3 Å². The Hall–Kier alpha value is -2.17. The van der Waals surface area contributed by atoms with Crippen molar-refractivity contribution < 1.29 is 9.21 Å². The first kappa shape index (κ1) is 13.3. The molecule has 2 rings (SSSR count). The van der Waals surface area contributed by atoms with Crippen LogP contribution in [-0.2, 0) is 4.79 Å². The number of hydrogen-bond acceptors (Lipinski definition) is 4. The van der Waals surface area contributed by atoms with Crippen LogP contribution in [0.5, 0.6) is 0 Å². The number of amides is 1. The number of aryl methyl sites for hydroxylation is 1. The quantitative estimate of drug-likeness (QED) is 0.900. The number of hydrogen-bond donors (Lipinski definition) is 1. The van der Waals surface area contributed by atoms with E-state index in [0.29, 0.717) is 17.5 Å². The van der Waals surface area contributed by atoms with Crippen LogP contribution in [0.3, 0.4) is 0 Å². The van der Waals surface area contributed by atoms with Crippen LogP contribution in [0.1, 0.15) is 26.7 Å². The molecule has 2 aromatic rings. The number of nitrogens with one attached hydrogen (secondary N) is 1. The van der Waals surface area contributed by atoms with Crippen molar-refractivity contribution in [2.24, 2.45) is 5.41 Å². The fourth-order valence-corrected chi connectivity index (χ4v) is 1.49. The minimum atomic E-state index is -0.460. The largest absolute Gasteiger partial charge is 0.421 e. The molecule has 0 atom stereocenters. The van der Waals surface area contributed by atoms with Crippen LogP contribution in [0.4, 0.5) is 5.69 Å². The number of aromatic nitrogens is 2. The highest BCUT2D eigenvalue weighted by atomic mass is 16.4. The summed E-state index contributed by atoms with van der Waals surface area (Å²) in [4.78, 5) is 12.0. The van der Waals surface area contributed by atoms with Gasteiger partial charge in [-0.15, -0.1) is 10.2 Å². The Morgan fingerprint density at radius 1 is 1.21 bits per heavy atom. The average Bonchev–Trinajstić information content (AvgIpc) is 2.75. The fraction of sp³-hybridized carbons (Fsp3) is 0.357. The van der Waals surface area contributed by atoms with E-state index in [2.05, 4.69) is 15.5 Å². The summed E-state index contributed by atoms with van der Waals surface area (Å²) in [5.74, 6) is 0.838. The molecule has 1 N–H and O–H groups in total. The van der Waals surface area contributed by atoms with Gasteiger partial charge in [0.2, 0.25) is 17.7 Å². The van der Waals surface area contributed by atoms with Gasteiger partial charge in [0.25, 0.3) is 0 Å². The Balaban J connectivity index is 2.35. The Kier molecular flexibility index (Phi) is 3.38. The molecule has 0 aliphatic heterocycles. The number of rotatable bonds is 2. The van der Waals surface area contributed by atoms with E-state index in [1.807, 2.05) is 45.0 Å². The predicted molar refractivity (Wildman–Crippen MR) is 72.6 cm³/mol. The van der Waals surface area contributed by atoms with Crippen LogP contribution in [0.2, 0.25) is 0 Å². The van der Waals surface area contributed by atoms with Gasteiger partial charge in [0.15, 0.2) is 0 Å². The predicted octanol–water partition coefficient (Wildman–Crippen LogP) is 3.03. The van der Waals surface area contributed by atoms with E-state index in [0.717, 1.165) is 5.56 Å². The fourth-order valence-electron chi connectivity index (χ4n) is 1.49. The van der Waals surface area contributed by atoms with E-state index < -0.39 is 5.41 Å². The molecule has 0 radical (unpaired) electrons. The van der Waals surface area contributed by atoms with Gasteiger partial charge >= 0.3 is 0 Å². The molecule has 0 bridgehead atoms. The molecule has 0 aliphatic carbocycles. The third-order valence-electron chi connectivity index (χ3n) is 2.61. The standard InChI is InChI=1S/C14H17N3O2/c1-9-16-17-12(19-9)10-7-5-6-8-11(10)15-13(18)14(2,3)4/h5-8H,1-4H3,(H,15,18).